The van der Waals surface area contributed by atoms with E-state index in [4.69, 9.17) is 4.74 Å². The molecule has 3 heteroatoms. The molecule has 1 aliphatic rings. The van der Waals surface area contributed by atoms with Gasteiger partial charge in [0.2, 0.25) is 0 Å². The van der Waals surface area contributed by atoms with Gasteiger partial charge in [0.25, 0.3) is 0 Å². The van der Waals surface area contributed by atoms with Crippen molar-refractivity contribution in [2.75, 3.05) is 13.7 Å². The maximum Gasteiger partial charge on any atom is 0.337 e. The summed E-state index contributed by atoms with van der Waals surface area (Å²) in [6, 6.07) is 32.1. The third-order valence-corrected chi connectivity index (χ3v) is 7.22. The zero-order valence-corrected chi connectivity index (χ0v) is 19.8. The summed E-state index contributed by atoms with van der Waals surface area (Å²) in [5.41, 5.74) is 5.93. The smallest absolute Gasteiger partial charge is 0.337 e. The maximum atomic E-state index is 12.1. The molecule has 0 saturated carbocycles. The van der Waals surface area contributed by atoms with E-state index >= 15 is 0 Å². The first-order chi connectivity index (χ1) is 16.6. The maximum absolute atomic E-state index is 12.1. The minimum atomic E-state index is -0.284. The lowest BCUT2D eigenvalue weighted by Crippen LogP contribution is -2.31. The highest BCUT2D eigenvalue weighted by Gasteiger charge is 2.28. The normalized spacial score (nSPS) is 18.3. The van der Waals surface area contributed by atoms with Crippen molar-refractivity contribution in [3.63, 3.8) is 0 Å². The Hall–Kier alpha value is -3.43. The molecule has 5 rings (SSSR count). The van der Waals surface area contributed by atoms with Gasteiger partial charge in [0.05, 0.1) is 12.7 Å². The summed E-state index contributed by atoms with van der Waals surface area (Å²) >= 11 is 0. The van der Waals surface area contributed by atoms with Gasteiger partial charge in [-0.3, -0.25) is 0 Å². The molecule has 0 fully saturated rings. The first kappa shape index (κ1) is 22.4. The Kier molecular flexibility index (Phi) is 6.46. The fourth-order valence-electron chi connectivity index (χ4n) is 5.47. The summed E-state index contributed by atoms with van der Waals surface area (Å²) < 4.78 is 4.96. The second-order valence-corrected chi connectivity index (χ2v) is 9.37. The molecule has 1 N–H and O–H groups in total. The molecule has 34 heavy (non-hydrogen) atoms. The number of fused-ring (bicyclic) bond motifs is 2. The predicted octanol–water partition coefficient (Wildman–Crippen LogP) is 6.67. The zero-order valence-electron chi connectivity index (χ0n) is 19.8. The molecular weight excluding hydrogens is 418 g/mol. The van der Waals surface area contributed by atoms with Crippen molar-refractivity contribution in [3.8, 4) is 0 Å². The van der Waals surface area contributed by atoms with Crippen LogP contribution in [0.4, 0.5) is 0 Å². The summed E-state index contributed by atoms with van der Waals surface area (Å²) in [4.78, 5) is 12.1. The third-order valence-electron chi connectivity index (χ3n) is 7.22. The molecule has 0 aromatic heterocycles. The molecule has 0 bridgehead atoms. The Morgan fingerprint density at radius 1 is 0.971 bits per heavy atom. The number of ether oxygens (including phenoxy) is 1. The number of carbonyl (C=O) groups is 1. The first-order valence-electron chi connectivity index (χ1n) is 12.1. The van der Waals surface area contributed by atoms with E-state index in [2.05, 4.69) is 85.0 Å². The van der Waals surface area contributed by atoms with Crippen LogP contribution < -0.4 is 5.32 Å². The van der Waals surface area contributed by atoms with Crippen LogP contribution in [0.25, 0.3) is 10.8 Å². The Morgan fingerprint density at radius 3 is 2.62 bits per heavy atom. The quantitative estimate of drug-likeness (QED) is 0.334. The summed E-state index contributed by atoms with van der Waals surface area (Å²) in [5.74, 6) is 0.501. The van der Waals surface area contributed by atoms with Crippen LogP contribution >= 0.6 is 0 Å². The molecule has 3 atom stereocenters. The van der Waals surface area contributed by atoms with E-state index in [0.717, 1.165) is 19.4 Å². The number of carbonyl (C=O) groups excluding carboxylic acids is 1. The first-order valence-corrected chi connectivity index (χ1v) is 12.1. The number of rotatable bonds is 6. The third kappa shape index (κ3) is 4.49. The van der Waals surface area contributed by atoms with Crippen molar-refractivity contribution in [2.24, 2.45) is 5.92 Å². The predicted molar refractivity (Wildman–Crippen MR) is 138 cm³/mol. The fraction of sp³-hybridized carbons (Fsp3) is 0.258. The van der Waals surface area contributed by atoms with E-state index < -0.39 is 0 Å². The van der Waals surface area contributed by atoms with E-state index in [9.17, 15) is 4.79 Å². The molecule has 4 aromatic rings. The Morgan fingerprint density at radius 2 is 1.74 bits per heavy atom. The van der Waals surface area contributed by atoms with Gasteiger partial charge in [0.15, 0.2) is 0 Å². The molecule has 0 radical (unpaired) electrons. The van der Waals surface area contributed by atoms with Gasteiger partial charge < -0.3 is 10.1 Å². The van der Waals surface area contributed by atoms with Gasteiger partial charge in [0.1, 0.15) is 0 Å². The average Bonchev–Trinajstić information content (AvgIpc) is 2.90. The van der Waals surface area contributed by atoms with E-state index in [1.807, 2.05) is 18.2 Å². The Bertz CT molecular complexity index is 1310. The molecule has 4 aromatic carbocycles. The second kappa shape index (κ2) is 9.82. The highest BCUT2D eigenvalue weighted by Crippen LogP contribution is 2.39. The van der Waals surface area contributed by atoms with Gasteiger partial charge in [-0.1, -0.05) is 78.9 Å². The number of hydrogen-bond acceptors (Lipinski definition) is 3. The topological polar surface area (TPSA) is 38.3 Å². The lowest BCUT2D eigenvalue weighted by atomic mass is 9.73. The van der Waals surface area contributed by atoms with Crippen LogP contribution in [0.1, 0.15) is 57.9 Å². The minimum absolute atomic E-state index is 0.268. The van der Waals surface area contributed by atoms with Crippen molar-refractivity contribution in [2.45, 2.75) is 31.7 Å². The van der Waals surface area contributed by atoms with Crippen molar-refractivity contribution in [1.29, 1.82) is 0 Å². The monoisotopic (exact) mass is 449 g/mol. The Labute approximate surface area is 201 Å². The number of nitrogens with one attached hydrogen (secondary N) is 1. The molecule has 0 saturated heterocycles. The van der Waals surface area contributed by atoms with E-state index in [1.54, 1.807) is 0 Å². The second-order valence-electron chi connectivity index (χ2n) is 9.37. The highest BCUT2D eigenvalue weighted by molar-refractivity contribution is 5.89. The van der Waals surface area contributed by atoms with Crippen LogP contribution in [-0.4, -0.2) is 19.6 Å². The van der Waals surface area contributed by atoms with Crippen LogP contribution in [0.2, 0.25) is 0 Å². The number of hydrogen-bond donors (Lipinski definition) is 1. The standard InChI is InChI=1S/C31H31NO2/c1-21(27-16-8-11-23-9-3-5-14-28(23)27)32-20-22-17-24-10-4-6-15-29(24)30(18-22)25-12-7-13-26(19-25)31(33)34-2/h3-16,19,21-22,30,32H,17-18,20H2,1-2H3/t21-,22?,30?/m1/s1. The van der Waals surface area contributed by atoms with Crippen LogP contribution in [-0.2, 0) is 11.2 Å². The van der Waals surface area contributed by atoms with E-state index in [1.165, 1.54) is 40.1 Å². The average molecular weight is 450 g/mol. The summed E-state index contributed by atoms with van der Waals surface area (Å²) in [5, 5.41) is 6.43. The molecule has 172 valence electrons. The van der Waals surface area contributed by atoms with Crippen molar-refractivity contribution in [3.05, 3.63) is 119 Å². The molecule has 1 aliphatic carbocycles. The molecule has 0 aliphatic heterocycles. The van der Waals surface area contributed by atoms with Gasteiger partial charge in [-0.15, -0.1) is 0 Å². The largest absolute Gasteiger partial charge is 0.465 e. The zero-order chi connectivity index (χ0) is 23.5. The summed E-state index contributed by atoms with van der Waals surface area (Å²) in [6.45, 7) is 3.21. The van der Waals surface area contributed by atoms with E-state index in [-0.39, 0.29) is 17.9 Å². The van der Waals surface area contributed by atoms with Crippen molar-refractivity contribution in [1.82, 2.24) is 5.32 Å². The van der Waals surface area contributed by atoms with Crippen LogP contribution in [0.15, 0.2) is 91.0 Å². The molecule has 2 unspecified atom stereocenters. The van der Waals surface area contributed by atoms with Gasteiger partial charge >= 0.3 is 5.97 Å². The summed E-state index contributed by atoms with van der Waals surface area (Å²) in [7, 11) is 1.43. The number of esters is 1. The van der Waals surface area contributed by atoms with Crippen LogP contribution in [0.3, 0.4) is 0 Å². The SMILES string of the molecule is COC(=O)c1cccc(C2CC(CN[C@H](C)c3cccc4ccccc34)Cc3ccccc32)c1. The number of methoxy groups -OCH3 is 1. The lowest BCUT2D eigenvalue weighted by Gasteiger charge is -2.33. The number of benzene rings is 4. The summed E-state index contributed by atoms with van der Waals surface area (Å²) in [6.07, 6.45) is 2.12. The minimum Gasteiger partial charge on any atom is -0.465 e. The van der Waals surface area contributed by atoms with Crippen molar-refractivity contribution < 1.29 is 9.53 Å². The van der Waals surface area contributed by atoms with Gasteiger partial charge in [-0.25, -0.2) is 4.79 Å². The molecular formula is C31H31NO2. The van der Waals surface area contributed by atoms with Gasteiger partial charge in [-0.2, -0.15) is 0 Å². The molecule has 3 nitrogen and oxygen atoms in total. The molecule has 0 heterocycles. The highest BCUT2D eigenvalue weighted by atomic mass is 16.5. The molecule has 0 amide bonds. The van der Waals surface area contributed by atoms with Gasteiger partial charge in [0, 0.05) is 12.0 Å². The lowest BCUT2D eigenvalue weighted by molar-refractivity contribution is 0.0600. The van der Waals surface area contributed by atoms with Crippen molar-refractivity contribution >= 4 is 16.7 Å². The van der Waals surface area contributed by atoms with E-state index in [0.29, 0.717) is 11.5 Å². The van der Waals surface area contributed by atoms with Crippen LogP contribution in [0, 0.1) is 5.92 Å². The van der Waals surface area contributed by atoms with Crippen LogP contribution in [0.5, 0.6) is 0 Å². The fourth-order valence-corrected chi connectivity index (χ4v) is 5.47. The Balaban J connectivity index is 1.37. The van der Waals surface area contributed by atoms with Gasteiger partial charge in [-0.05, 0) is 77.4 Å². The molecule has 0 spiro atoms.